The first-order chi connectivity index (χ1) is 19.9. The van der Waals surface area contributed by atoms with Gasteiger partial charge in [0, 0.05) is 25.2 Å². The average molecular weight is 555 g/mol. The maximum Gasteiger partial charge on any atom is 0.333 e. The zero-order valence-electron chi connectivity index (χ0n) is 22.4. The number of ether oxygens (including phenoxy) is 2. The van der Waals surface area contributed by atoms with Gasteiger partial charge < -0.3 is 14.8 Å². The molecule has 3 aromatic carbocycles. The molecule has 208 valence electrons. The summed E-state index contributed by atoms with van der Waals surface area (Å²) in [6.07, 6.45) is 1.49. The van der Waals surface area contributed by atoms with Gasteiger partial charge in [-0.3, -0.25) is 9.13 Å². The number of nitrogens with one attached hydrogen (secondary N) is 1. The molecule has 1 aliphatic rings. The van der Waals surface area contributed by atoms with Gasteiger partial charge in [-0.1, -0.05) is 72.8 Å². The molecule has 7 nitrogen and oxygen atoms in total. The molecular weight excluding hydrogens is 526 g/mol. The van der Waals surface area contributed by atoms with E-state index in [0.29, 0.717) is 41.3 Å². The van der Waals surface area contributed by atoms with Crippen LogP contribution in [0.5, 0.6) is 11.8 Å². The lowest BCUT2D eigenvalue weighted by Gasteiger charge is -2.25. The van der Waals surface area contributed by atoms with E-state index in [-0.39, 0.29) is 23.7 Å². The van der Waals surface area contributed by atoms with E-state index in [0.717, 1.165) is 11.1 Å². The van der Waals surface area contributed by atoms with E-state index in [4.69, 9.17) is 9.47 Å². The first kappa shape index (κ1) is 26.5. The summed E-state index contributed by atoms with van der Waals surface area (Å²) in [6, 6.07) is 27.7. The SMILES string of the molecule is Cn1c(=O)n(-c2ccc(OCc3ccccc3)nc2OCc2ccccc2)c2ccc(C3=CCNCC3(F)F)cc21. The van der Waals surface area contributed by atoms with Gasteiger partial charge in [0.25, 0.3) is 5.92 Å². The van der Waals surface area contributed by atoms with Crippen LogP contribution < -0.4 is 20.5 Å². The summed E-state index contributed by atoms with van der Waals surface area (Å²) in [6.45, 7) is 0.473. The highest BCUT2D eigenvalue weighted by molar-refractivity contribution is 5.85. The lowest BCUT2D eigenvalue weighted by Crippen LogP contribution is -2.38. The second kappa shape index (κ2) is 11.0. The third-order valence-corrected chi connectivity index (χ3v) is 7.06. The number of fused-ring (bicyclic) bond motifs is 1. The number of imidazole rings is 1. The summed E-state index contributed by atoms with van der Waals surface area (Å²) in [5.74, 6) is -2.45. The van der Waals surface area contributed by atoms with E-state index in [1.807, 2.05) is 60.7 Å². The van der Waals surface area contributed by atoms with Crippen LogP contribution in [0.25, 0.3) is 22.3 Å². The molecule has 1 aliphatic heterocycles. The molecule has 3 heterocycles. The topological polar surface area (TPSA) is 70.3 Å². The Morgan fingerprint density at radius 1 is 0.878 bits per heavy atom. The highest BCUT2D eigenvalue weighted by Gasteiger charge is 2.36. The molecule has 1 N–H and O–H groups in total. The Balaban J connectivity index is 1.40. The number of hydrogen-bond donors (Lipinski definition) is 1. The fourth-order valence-corrected chi connectivity index (χ4v) is 4.94. The highest BCUT2D eigenvalue weighted by Crippen LogP contribution is 2.35. The summed E-state index contributed by atoms with van der Waals surface area (Å²) < 4.78 is 44.3. The summed E-state index contributed by atoms with van der Waals surface area (Å²) in [7, 11) is 1.62. The molecule has 0 saturated heterocycles. The second-order valence-electron chi connectivity index (χ2n) is 9.86. The van der Waals surface area contributed by atoms with Crippen molar-refractivity contribution in [2.24, 2.45) is 7.05 Å². The Morgan fingerprint density at radius 2 is 1.56 bits per heavy atom. The van der Waals surface area contributed by atoms with Crippen LogP contribution in [0, 0.1) is 0 Å². The van der Waals surface area contributed by atoms with E-state index in [9.17, 15) is 13.6 Å². The standard InChI is InChI=1S/C32H28F2N4O3/c1-37-28-18-24(25-16-17-35-21-32(25,33)34)12-13-26(28)38(31(37)39)27-14-15-29(40-19-22-8-4-2-5-9-22)36-30(27)41-20-23-10-6-3-7-11-23/h2-16,18,35H,17,19-21H2,1H3. The molecule has 0 fully saturated rings. The summed E-state index contributed by atoms with van der Waals surface area (Å²) >= 11 is 0. The fraction of sp³-hybridized carbons (Fsp3) is 0.188. The molecule has 0 unspecified atom stereocenters. The number of aryl methyl sites for hydroxylation is 1. The molecular formula is C32H28F2N4O3. The normalized spacial score (nSPS) is 14.6. The van der Waals surface area contributed by atoms with Crippen molar-refractivity contribution in [3.05, 3.63) is 124 Å². The van der Waals surface area contributed by atoms with Gasteiger partial charge in [-0.2, -0.15) is 13.8 Å². The zero-order chi connectivity index (χ0) is 28.4. The predicted molar refractivity (Wildman–Crippen MR) is 154 cm³/mol. The van der Waals surface area contributed by atoms with Gasteiger partial charge in [0.2, 0.25) is 11.8 Å². The summed E-state index contributed by atoms with van der Waals surface area (Å²) in [5, 5.41) is 2.69. The average Bonchev–Trinajstić information content (AvgIpc) is 3.24. The van der Waals surface area contributed by atoms with Gasteiger partial charge in [-0.15, -0.1) is 0 Å². The zero-order valence-corrected chi connectivity index (χ0v) is 22.4. The lowest BCUT2D eigenvalue weighted by atomic mass is 9.96. The number of hydrogen-bond acceptors (Lipinski definition) is 5. The monoisotopic (exact) mass is 554 g/mol. The summed E-state index contributed by atoms with van der Waals surface area (Å²) in [5.41, 5.74) is 3.37. The van der Waals surface area contributed by atoms with Crippen molar-refractivity contribution >= 4 is 16.6 Å². The molecule has 0 aliphatic carbocycles. The lowest BCUT2D eigenvalue weighted by molar-refractivity contribution is 0.0636. The predicted octanol–water partition coefficient (Wildman–Crippen LogP) is 5.50. The van der Waals surface area contributed by atoms with Crippen molar-refractivity contribution in [3.63, 3.8) is 0 Å². The van der Waals surface area contributed by atoms with Crippen LogP contribution in [-0.2, 0) is 20.3 Å². The third-order valence-electron chi connectivity index (χ3n) is 7.06. The minimum Gasteiger partial charge on any atom is -0.473 e. The summed E-state index contributed by atoms with van der Waals surface area (Å²) in [4.78, 5) is 18.2. The Labute approximate surface area is 235 Å². The van der Waals surface area contributed by atoms with Crippen LogP contribution in [-0.4, -0.2) is 33.1 Å². The van der Waals surface area contributed by atoms with Crippen LogP contribution in [0.2, 0.25) is 0 Å². The fourth-order valence-electron chi connectivity index (χ4n) is 4.94. The molecule has 2 aromatic heterocycles. The van der Waals surface area contributed by atoms with Gasteiger partial charge in [0.05, 0.1) is 17.6 Å². The van der Waals surface area contributed by atoms with Gasteiger partial charge >= 0.3 is 5.69 Å². The van der Waals surface area contributed by atoms with Crippen molar-refractivity contribution in [3.8, 4) is 17.4 Å². The highest BCUT2D eigenvalue weighted by atomic mass is 19.3. The minimum atomic E-state index is -3.01. The second-order valence-corrected chi connectivity index (χ2v) is 9.86. The van der Waals surface area contributed by atoms with Crippen molar-refractivity contribution in [1.29, 1.82) is 0 Å². The van der Waals surface area contributed by atoms with E-state index in [2.05, 4.69) is 10.3 Å². The molecule has 0 saturated carbocycles. The van der Waals surface area contributed by atoms with Crippen LogP contribution in [0.4, 0.5) is 8.78 Å². The third kappa shape index (κ3) is 5.36. The quantitative estimate of drug-likeness (QED) is 0.274. The largest absolute Gasteiger partial charge is 0.473 e. The van der Waals surface area contributed by atoms with Crippen molar-refractivity contribution < 1.29 is 18.3 Å². The van der Waals surface area contributed by atoms with Gasteiger partial charge in [0.1, 0.15) is 18.9 Å². The molecule has 9 heteroatoms. The molecule has 0 radical (unpaired) electrons. The Bertz CT molecular complexity index is 1780. The maximum atomic E-state index is 14.7. The Morgan fingerprint density at radius 3 is 2.24 bits per heavy atom. The molecule has 0 bridgehead atoms. The number of rotatable bonds is 8. The molecule has 5 aromatic rings. The van der Waals surface area contributed by atoms with E-state index < -0.39 is 12.5 Å². The number of nitrogens with zero attached hydrogens (tertiary/aromatic N) is 3. The van der Waals surface area contributed by atoms with Crippen molar-refractivity contribution in [2.45, 2.75) is 19.1 Å². The molecule has 0 amide bonds. The van der Waals surface area contributed by atoms with Gasteiger partial charge in [-0.05, 0) is 34.9 Å². The van der Waals surface area contributed by atoms with Crippen molar-refractivity contribution in [1.82, 2.24) is 19.4 Å². The molecule has 6 rings (SSSR count). The van der Waals surface area contributed by atoms with E-state index in [1.54, 1.807) is 37.4 Å². The van der Waals surface area contributed by atoms with Gasteiger partial charge in [-0.25, -0.2) is 4.79 Å². The van der Waals surface area contributed by atoms with Gasteiger partial charge in [0.15, 0.2) is 0 Å². The molecule has 0 atom stereocenters. The number of pyridine rings is 1. The first-order valence-electron chi connectivity index (χ1n) is 13.3. The first-order valence-corrected chi connectivity index (χ1v) is 13.3. The van der Waals surface area contributed by atoms with E-state index >= 15 is 0 Å². The van der Waals surface area contributed by atoms with Crippen LogP contribution >= 0.6 is 0 Å². The number of halogens is 2. The van der Waals surface area contributed by atoms with Crippen LogP contribution in [0.15, 0.2) is 102 Å². The smallest absolute Gasteiger partial charge is 0.333 e. The number of aromatic nitrogens is 3. The molecule has 0 spiro atoms. The number of benzene rings is 3. The maximum absolute atomic E-state index is 14.7. The Hall–Kier alpha value is -4.76. The van der Waals surface area contributed by atoms with Crippen LogP contribution in [0.3, 0.4) is 0 Å². The van der Waals surface area contributed by atoms with Crippen LogP contribution in [0.1, 0.15) is 16.7 Å². The number of alkyl halides is 2. The van der Waals surface area contributed by atoms with E-state index in [1.165, 1.54) is 15.2 Å². The van der Waals surface area contributed by atoms with Crippen molar-refractivity contribution in [2.75, 3.05) is 13.1 Å². The molecule has 41 heavy (non-hydrogen) atoms. The Kier molecular flexibility index (Phi) is 7.11. The minimum absolute atomic E-state index is 0.0492.